The first-order chi connectivity index (χ1) is 7.79. The molecule has 0 bridgehead atoms. The van der Waals surface area contributed by atoms with Gasteiger partial charge in [-0.2, -0.15) is 0 Å². The highest BCUT2D eigenvalue weighted by molar-refractivity contribution is 6.74. The highest BCUT2D eigenvalue weighted by Gasteiger charge is 2.52. The predicted molar refractivity (Wildman–Crippen MR) is 79.2 cm³/mol. The second kappa shape index (κ2) is 4.62. The molecule has 1 aliphatic rings. The number of hydrogen-bond donors (Lipinski definition) is 0. The highest BCUT2D eigenvalue weighted by Crippen LogP contribution is 2.39. The molecule has 0 saturated carbocycles. The Morgan fingerprint density at radius 3 is 1.72 bits per heavy atom. The molecule has 1 heterocycles. The summed E-state index contributed by atoms with van der Waals surface area (Å²) in [5, 5.41) is 0.219. The van der Waals surface area contributed by atoms with Gasteiger partial charge in [-0.05, 0) is 45.8 Å². The van der Waals surface area contributed by atoms with Crippen molar-refractivity contribution in [3.63, 3.8) is 0 Å². The molecule has 1 rings (SSSR count). The fourth-order valence-electron chi connectivity index (χ4n) is 1.53. The van der Waals surface area contributed by atoms with Crippen LogP contribution in [-0.2, 0) is 13.7 Å². The Balaban J connectivity index is 2.58. The summed E-state index contributed by atoms with van der Waals surface area (Å²) in [4.78, 5) is 0. The molecule has 0 atom stereocenters. The van der Waals surface area contributed by atoms with E-state index in [4.69, 9.17) is 13.7 Å². The topological polar surface area (TPSA) is 27.7 Å². The zero-order chi connectivity index (χ0) is 14.4. The van der Waals surface area contributed by atoms with Crippen LogP contribution in [0.15, 0.2) is 0 Å². The van der Waals surface area contributed by atoms with Gasteiger partial charge in [-0.15, -0.1) is 0 Å². The summed E-state index contributed by atoms with van der Waals surface area (Å²) in [5.74, 6) is 0. The Morgan fingerprint density at radius 1 is 1.00 bits per heavy atom. The van der Waals surface area contributed by atoms with Crippen LogP contribution >= 0.6 is 0 Å². The molecule has 0 aromatic rings. The summed E-state index contributed by atoms with van der Waals surface area (Å²) in [5.41, 5.74) is -0.539. The molecule has 1 aliphatic heterocycles. The van der Waals surface area contributed by atoms with E-state index in [-0.39, 0.29) is 23.4 Å². The molecule has 3 nitrogen and oxygen atoms in total. The van der Waals surface area contributed by atoms with Gasteiger partial charge >= 0.3 is 7.12 Å². The molecule has 18 heavy (non-hydrogen) atoms. The molecule has 0 aromatic heterocycles. The maximum Gasteiger partial charge on any atom is 0.484 e. The van der Waals surface area contributed by atoms with Crippen molar-refractivity contribution in [2.45, 2.75) is 77.8 Å². The molecule has 1 fully saturated rings. The van der Waals surface area contributed by atoms with Gasteiger partial charge in [0.2, 0.25) is 0 Å². The lowest BCUT2D eigenvalue weighted by atomic mass is 9.90. The van der Waals surface area contributed by atoms with E-state index in [1.54, 1.807) is 0 Å². The van der Waals surface area contributed by atoms with Crippen LogP contribution in [0.5, 0.6) is 0 Å². The summed E-state index contributed by atoms with van der Waals surface area (Å²) in [6, 6.07) is 0. The third kappa shape index (κ3) is 3.18. The molecule has 0 spiro atoms. The summed E-state index contributed by atoms with van der Waals surface area (Å²) in [7, 11) is -1.97. The molecule has 0 aliphatic carbocycles. The van der Waals surface area contributed by atoms with Crippen molar-refractivity contribution in [2.24, 2.45) is 0 Å². The normalized spacial score (nSPS) is 23.5. The Labute approximate surface area is 114 Å². The van der Waals surface area contributed by atoms with Gasteiger partial charge in [-0.1, -0.05) is 20.8 Å². The van der Waals surface area contributed by atoms with Crippen LogP contribution in [0.25, 0.3) is 0 Å². The lowest BCUT2D eigenvalue weighted by molar-refractivity contribution is 0.00578. The van der Waals surface area contributed by atoms with Crippen molar-refractivity contribution in [3.8, 4) is 0 Å². The second-order valence-corrected chi connectivity index (χ2v) is 12.6. The van der Waals surface area contributed by atoms with Crippen LogP contribution in [0.3, 0.4) is 0 Å². The lowest BCUT2D eigenvalue weighted by Crippen LogP contribution is -2.44. The molecule has 0 amide bonds. The molecule has 5 heteroatoms. The molecule has 106 valence electrons. The van der Waals surface area contributed by atoms with E-state index in [1.165, 1.54) is 0 Å². The lowest BCUT2D eigenvalue weighted by Gasteiger charge is -2.36. The van der Waals surface area contributed by atoms with Crippen molar-refractivity contribution in [1.29, 1.82) is 0 Å². The van der Waals surface area contributed by atoms with Crippen molar-refractivity contribution in [1.82, 2.24) is 0 Å². The average Bonchev–Trinajstić information content (AvgIpc) is 2.30. The Kier molecular flexibility index (Phi) is 4.16. The van der Waals surface area contributed by atoms with Gasteiger partial charge in [0, 0.05) is 0 Å². The fraction of sp³-hybridized carbons (Fsp3) is 1.00. The molecule has 1 saturated heterocycles. The standard InChI is InChI=1S/C13H29BO3Si/c1-11(2,3)18(8,9)15-10-14-16-12(4,5)13(6,7)17-14/h10H2,1-9H3. The first-order valence-corrected chi connectivity index (χ1v) is 9.69. The van der Waals surface area contributed by atoms with Crippen LogP contribution in [0, 0.1) is 0 Å². The quantitative estimate of drug-likeness (QED) is 0.734. The molecular weight excluding hydrogens is 243 g/mol. The van der Waals surface area contributed by atoms with Gasteiger partial charge in [-0.25, -0.2) is 0 Å². The summed E-state index contributed by atoms with van der Waals surface area (Å²) in [6.07, 6.45) is 0. The SMILES string of the molecule is CC1(C)OB(CO[Si](C)(C)C(C)(C)C)OC1(C)C. The number of hydrogen-bond acceptors (Lipinski definition) is 3. The summed E-state index contributed by atoms with van der Waals surface area (Å²) >= 11 is 0. The average molecular weight is 272 g/mol. The molecule has 0 unspecified atom stereocenters. The largest absolute Gasteiger partial charge is 0.484 e. The van der Waals surface area contributed by atoms with E-state index in [2.05, 4.69) is 61.6 Å². The van der Waals surface area contributed by atoms with Crippen LogP contribution in [-0.4, -0.2) is 33.1 Å². The third-order valence-electron chi connectivity index (χ3n) is 4.69. The van der Waals surface area contributed by atoms with Crippen LogP contribution in [0.1, 0.15) is 48.5 Å². The van der Waals surface area contributed by atoms with Gasteiger partial charge in [0.25, 0.3) is 0 Å². The van der Waals surface area contributed by atoms with E-state index in [0.29, 0.717) is 6.51 Å². The second-order valence-electron chi connectivity index (χ2n) is 7.76. The molecule has 0 radical (unpaired) electrons. The van der Waals surface area contributed by atoms with Gasteiger partial charge in [0.1, 0.15) is 0 Å². The minimum Gasteiger partial charge on any atom is -0.419 e. The molecule has 0 aromatic carbocycles. The third-order valence-corrected chi connectivity index (χ3v) is 9.19. The van der Waals surface area contributed by atoms with Crippen LogP contribution in [0.4, 0.5) is 0 Å². The van der Waals surface area contributed by atoms with Crippen molar-refractivity contribution in [2.75, 3.05) is 6.51 Å². The monoisotopic (exact) mass is 272 g/mol. The van der Waals surface area contributed by atoms with E-state index in [1.807, 2.05) is 0 Å². The van der Waals surface area contributed by atoms with Crippen LogP contribution < -0.4 is 0 Å². The van der Waals surface area contributed by atoms with Crippen molar-refractivity contribution in [3.05, 3.63) is 0 Å². The van der Waals surface area contributed by atoms with Gasteiger partial charge in [0.15, 0.2) is 8.32 Å². The Morgan fingerprint density at radius 2 is 1.39 bits per heavy atom. The van der Waals surface area contributed by atoms with E-state index in [0.717, 1.165) is 0 Å². The number of rotatable bonds is 3. The first-order valence-electron chi connectivity index (χ1n) is 6.78. The van der Waals surface area contributed by atoms with Crippen LogP contribution in [0.2, 0.25) is 18.1 Å². The smallest absolute Gasteiger partial charge is 0.419 e. The van der Waals surface area contributed by atoms with E-state index >= 15 is 0 Å². The fourth-order valence-corrected chi connectivity index (χ4v) is 2.51. The van der Waals surface area contributed by atoms with Gasteiger partial charge in [-0.3, -0.25) is 0 Å². The van der Waals surface area contributed by atoms with E-state index in [9.17, 15) is 0 Å². The predicted octanol–water partition coefficient (Wildman–Crippen LogP) is 3.64. The zero-order valence-electron chi connectivity index (χ0n) is 13.5. The van der Waals surface area contributed by atoms with Crippen molar-refractivity contribution < 1.29 is 13.7 Å². The maximum atomic E-state index is 6.15. The first kappa shape index (κ1) is 16.2. The highest BCUT2D eigenvalue weighted by atomic mass is 28.4. The van der Waals surface area contributed by atoms with Gasteiger partial charge < -0.3 is 13.7 Å². The van der Waals surface area contributed by atoms with Gasteiger partial charge in [0.05, 0.1) is 17.7 Å². The Hall–Kier alpha value is 0.162. The summed E-state index contributed by atoms with van der Waals surface area (Å²) < 4.78 is 18.0. The summed E-state index contributed by atoms with van der Waals surface area (Å²) in [6.45, 7) is 20.0. The Bertz CT molecular complexity index is 292. The van der Waals surface area contributed by atoms with Crippen molar-refractivity contribution >= 4 is 15.4 Å². The maximum absolute atomic E-state index is 6.15. The molecule has 0 N–H and O–H groups in total. The zero-order valence-corrected chi connectivity index (χ0v) is 14.5. The minimum atomic E-state index is -1.73. The molecular formula is C13H29BO3Si. The minimum absolute atomic E-state index is 0.219. The van der Waals surface area contributed by atoms with E-state index < -0.39 is 8.32 Å².